The lowest BCUT2D eigenvalue weighted by Gasteiger charge is -2.13. The Bertz CT molecular complexity index is 562. The third-order valence-corrected chi connectivity index (χ3v) is 2.70. The molecular weight excluding hydrogens is 298 g/mol. The average molecular weight is 314 g/mol. The molecule has 0 spiro atoms. The van der Waals surface area contributed by atoms with Crippen LogP contribution < -0.4 is 16.4 Å². The maximum atomic E-state index is 11.9. The highest BCUT2D eigenvalue weighted by molar-refractivity contribution is 6.31. The van der Waals surface area contributed by atoms with E-state index in [2.05, 4.69) is 5.32 Å². The number of rotatable bonds is 4. The average Bonchev–Trinajstić information content (AvgIpc) is 2.38. The standard InChI is InChI=1S/C13H16ClN3O4/c1-3-16-13(20)17-11(18)7(2)21-12(19)9-5-4-8(14)6-10(9)15/h4-7H,3,15H2,1-2H3,(H2,16,17,18,20). The summed E-state index contributed by atoms with van der Waals surface area (Å²) >= 11 is 5.72. The predicted molar refractivity (Wildman–Crippen MR) is 78.0 cm³/mol. The number of hydrogen-bond acceptors (Lipinski definition) is 5. The van der Waals surface area contributed by atoms with Gasteiger partial charge in [-0.25, -0.2) is 9.59 Å². The molecule has 0 aliphatic carbocycles. The Hall–Kier alpha value is -2.28. The number of nitrogen functional groups attached to an aromatic ring is 1. The number of ether oxygens (including phenoxy) is 1. The van der Waals surface area contributed by atoms with E-state index in [4.69, 9.17) is 22.1 Å². The summed E-state index contributed by atoms with van der Waals surface area (Å²) < 4.78 is 4.94. The highest BCUT2D eigenvalue weighted by Gasteiger charge is 2.21. The number of hydrogen-bond donors (Lipinski definition) is 3. The van der Waals surface area contributed by atoms with Crippen LogP contribution in [0, 0.1) is 0 Å². The van der Waals surface area contributed by atoms with Crippen molar-refractivity contribution in [2.24, 2.45) is 0 Å². The zero-order valence-corrected chi connectivity index (χ0v) is 12.4. The number of amides is 3. The van der Waals surface area contributed by atoms with E-state index >= 15 is 0 Å². The van der Waals surface area contributed by atoms with Crippen LogP contribution in [0.2, 0.25) is 5.02 Å². The first-order valence-corrected chi connectivity index (χ1v) is 6.57. The van der Waals surface area contributed by atoms with Crippen molar-refractivity contribution in [2.75, 3.05) is 12.3 Å². The van der Waals surface area contributed by atoms with Gasteiger partial charge in [-0.1, -0.05) is 11.6 Å². The first kappa shape index (κ1) is 16.8. The third-order valence-electron chi connectivity index (χ3n) is 2.46. The van der Waals surface area contributed by atoms with Crippen LogP contribution in [-0.4, -0.2) is 30.6 Å². The van der Waals surface area contributed by atoms with E-state index in [1.165, 1.54) is 25.1 Å². The minimum Gasteiger partial charge on any atom is -0.449 e. The van der Waals surface area contributed by atoms with Gasteiger partial charge in [0.25, 0.3) is 5.91 Å². The zero-order valence-electron chi connectivity index (χ0n) is 11.6. The number of benzene rings is 1. The zero-order chi connectivity index (χ0) is 16.0. The van der Waals surface area contributed by atoms with Gasteiger partial charge < -0.3 is 15.8 Å². The Balaban J connectivity index is 2.65. The molecule has 0 bridgehead atoms. The summed E-state index contributed by atoms with van der Waals surface area (Å²) in [6.07, 6.45) is -1.14. The molecule has 3 amide bonds. The summed E-state index contributed by atoms with van der Waals surface area (Å²) in [6.45, 7) is 3.42. The maximum absolute atomic E-state index is 11.9. The fraction of sp³-hybridized carbons (Fsp3) is 0.308. The molecule has 0 aliphatic heterocycles. The molecule has 0 heterocycles. The van der Waals surface area contributed by atoms with Crippen LogP contribution in [0.5, 0.6) is 0 Å². The van der Waals surface area contributed by atoms with Crippen LogP contribution in [0.15, 0.2) is 18.2 Å². The third kappa shape index (κ3) is 4.96. The minimum atomic E-state index is -1.14. The van der Waals surface area contributed by atoms with Crippen molar-refractivity contribution in [3.63, 3.8) is 0 Å². The molecule has 0 radical (unpaired) electrons. The molecule has 21 heavy (non-hydrogen) atoms. The molecule has 4 N–H and O–H groups in total. The number of imide groups is 1. The first-order valence-electron chi connectivity index (χ1n) is 6.19. The van der Waals surface area contributed by atoms with E-state index in [9.17, 15) is 14.4 Å². The monoisotopic (exact) mass is 313 g/mol. The van der Waals surface area contributed by atoms with E-state index < -0.39 is 24.0 Å². The van der Waals surface area contributed by atoms with Gasteiger partial charge >= 0.3 is 12.0 Å². The lowest BCUT2D eigenvalue weighted by atomic mass is 10.2. The molecule has 0 fully saturated rings. The van der Waals surface area contributed by atoms with Crippen LogP contribution in [0.3, 0.4) is 0 Å². The predicted octanol–water partition coefficient (Wildman–Crippen LogP) is 1.31. The molecule has 1 aromatic carbocycles. The normalized spacial score (nSPS) is 11.4. The van der Waals surface area contributed by atoms with E-state index in [1.54, 1.807) is 6.92 Å². The van der Waals surface area contributed by atoms with Crippen LogP contribution >= 0.6 is 11.6 Å². The van der Waals surface area contributed by atoms with Gasteiger partial charge in [0.1, 0.15) is 0 Å². The Morgan fingerprint density at radius 3 is 2.62 bits per heavy atom. The van der Waals surface area contributed by atoms with E-state index in [0.29, 0.717) is 11.6 Å². The molecular formula is C13H16ClN3O4. The molecule has 7 nitrogen and oxygen atoms in total. The Kier molecular flexibility index (Phi) is 5.98. The number of urea groups is 1. The van der Waals surface area contributed by atoms with E-state index in [0.717, 1.165) is 0 Å². The van der Waals surface area contributed by atoms with Crippen LogP contribution in [0.4, 0.5) is 10.5 Å². The number of esters is 1. The molecule has 1 atom stereocenters. The number of carbonyl (C=O) groups is 3. The van der Waals surface area contributed by atoms with Gasteiger partial charge in [0.2, 0.25) is 0 Å². The lowest BCUT2D eigenvalue weighted by Crippen LogP contribution is -2.44. The second-order valence-electron chi connectivity index (χ2n) is 4.13. The second-order valence-corrected chi connectivity index (χ2v) is 4.56. The number of nitrogens with one attached hydrogen (secondary N) is 2. The summed E-state index contributed by atoms with van der Waals surface area (Å²) in [5.74, 6) is -1.51. The largest absolute Gasteiger partial charge is 0.449 e. The van der Waals surface area contributed by atoms with Crippen molar-refractivity contribution < 1.29 is 19.1 Å². The quantitative estimate of drug-likeness (QED) is 0.573. The van der Waals surface area contributed by atoms with E-state index in [-0.39, 0.29) is 11.3 Å². The first-order chi connectivity index (χ1) is 9.85. The molecule has 1 rings (SSSR count). The van der Waals surface area contributed by atoms with Gasteiger partial charge in [-0.2, -0.15) is 0 Å². The van der Waals surface area contributed by atoms with E-state index in [1.807, 2.05) is 5.32 Å². The van der Waals surface area contributed by atoms with Crippen molar-refractivity contribution >= 4 is 35.2 Å². The summed E-state index contributed by atoms with van der Waals surface area (Å²) in [4.78, 5) is 34.7. The van der Waals surface area contributed by atoms with Gasteiger partial charge in [0, 0.05) is 17.3 Å². The van der Waals surface area contributed by atoms with Crippen molar-refractivity contribution in [3.8, 4) is 0 Å². The highest BCUT2D eigenvalue weighted by Crippen LogP contribution is 2.19. The molecule has 1 aromatic rings. The molecule has 0 saturated carbocycles. The van der Waals surface area contributed by atoms with Crippen LogP contribution in [0.25, 0.3) is 0 Å². The molecule has 0 aromatic heterocycles. The smallest absolute Gasteiger partial charge is 0.341 e. The lowest BCUT2D eigenvalue weighted by molar-refractivity contribution is -0.127. The van der Waals surface area contributed by atoms with Crippen LogP contribution in [0.1, 0.15) is 24.2 Å². The fourth-order valence-electron chi connectivity index (χ4n) is 1.42. The minimum absolute atomic E-state index is 0.0945. The fourth-order valence-corrected chi connectivity index (χ4v) is 1.60. The van der Waals surface area contributed by atoms with Gasteiger partial charge in [-0.15, -0.1) is 0 Å². The molecule has 0 aliphatic rings. The van der Waals surface area contributed by atoms with Crippen LogP contribution in [-0.2, 0) is 9.53 Å². The Morgan fingerprint density at radius 2 is 2.05 bits per heavy atom. The molecule has 8 heteroatoms. The van der Waals surface area contributed by atoms with Gasteiger partial charge in [-0.3, -0.25) is 10.1 Å². The SMILES string of the molecule is CCNC(=O)NC(=O)C(C)OC(=O)c1ccc(Cl)cc1N. The highest BCUT2D eigenvalue weighted by atomic mass is 35.5. The number of halogens is 1. The summed E-state index contributed by atoms with van der Waals surface area (Å²) in [5.41, 5.74) is 5.88. The van der Waals surface area contributed by atoms with Gasteiger partial charge in [0.05, 0.1) is 5.56 Å². The number of carbonyl (C=O) groups excluding carboxylic acids is 3. The topological polar surface area (TPSA) is 111 Å². The van der Waals surface area contributed by atoms with Crippen molar-refractivity contribution in [2.45, 2.75) is 20.0 Å². The number of anilines is 1. The summed E-state index contributed by atoms with van der Waals surface area (Å²) in [5, 5.41) is 4.81. The maximum Gasteiger partial charge on any atom is 0.341 e. The molecule has 114 valence electrons. The molecule has 1 unspecified atom stereocenters. The van der Waals surface area contributed by atoms with Crippen molar-refractivity contribution in [1.29, 1.82) is 0 Å². The summed E-state index contributed by atoms with van der Waals surface area (Å²) in [7, 11) is 0. The van der Waals surface area contributed by atoms with Gasteiger partial charge in [0.15, 0.2) is 6.10 Å². The molecule has 0 saturated heterocycles. The van der Waals surface area contributed by atoms with Gasteiger partial charge in [-0.05, 0) is 32.0 Å². The van der Waals surface area contributed by atoms with Crippen molar-refractivity contribution in [3.05, 3.63) is 28.8 Å². The Morgan fingerprint density at radius 1 is 1.38 bits per heavy atom. The van der Waals surface area contributed by atoms with Crippen molar-refractivity contribution in [1.82, 2.24) is 10.6 Å². The number of nitrogens with two attached hydrogens (primary N) is 1. The Labute approximate surface area is 126 Å². The summed E-state index contributed by atoms with van der Waals surface area (Å²) in [6, 6.07) is 3.62. The second kappa shape index (κ2) is 7.49.